The molecule has 0 aromatic rings. The summed E-state index contributed by atoms with van der Waals surface area (Å²) in [7, 11) is 0. The molecule has 3 fully saturated rings. The van der Waals surface area contributed by atoms with Gasteiger partial charge in [0, 0.05) is 17.3 Å². The number of aliphatic hydroxyl groups excluding tert-OH is 3. The van der Waals surface area contributed by atoms with Gasteiger partial charge < -0.3 is 20.4 Å². The van der Waals surface area contributed by atoms with Gasteiger partial charge in [0.25, 0.3) is 0 Å². The third kappa shape index (κ3) is 2.15. The second-order valence-electron chi connectivity index (χ2n) is 8.80. The first kappa shape index (κ1) is 19.8. The van der Waals surface area contributed by atoms with Crippen molar-refractivity contribution < 1.29 is 38.8 Å². The highest BCUT2D eigenvalue weighted by atomic mass is 19.1. The van der Waals surface area contributed by atoms with Gasteiger partial charge in [0.15, 0.2) is 22.8 Å². The maximum Gasteiger partial charge on any atom is 0.192 e. The van der Waals surface area contributed by atoms with Crippen LogP contribution in [0.1, 0.15) is 26.2 Å². The molecule has 0 spiro atoms. The molecule has 154 valence electrons. The van der Waals surface area contributed by atoms with Gasteiger partial charge in [0.1, 0.15) is 12.8 Å². The van der Waals surface area contributed by atoms with Gasteiger partial charge in [0.05, 0.1) is 12.2 Å². The number of alkyl halides is 2. The molecule has 1 unspecified atom stereocenters. The molecule has 9 atom stereocenters. The van der Waals surface area contributed by atoms with E-state index in [1.807, 2.05) is 0 Å². The Labute approximate surface area is 160 Å². The molecule has 0 heterocycles. The Morgan fingerprint density at radius 2 is 1.89 bits per heavy atom. The minimum Gasteiger partial charge on any atom is -0.390 e. The van der Waals surface area contributed by atoms with E-state index >= 15 is 8.78 Å². The summed E-state index contributed by atoms with van der Waals surface area (Å²) >= 11 is 0. The summed E-state index contributed by atoms with van der Waals surface area (Å²) in [5, 5.41) is 41.3. The highest BCUT2D eigenvalue weighted by Gasteiger charge is 2.73. The van der Waals surface area contributed by atoms with Crippen molar-refractivity contribution in [2.24, 2.45) is 23.2 Å². The topological polar surface area (TPSA) is 115 Å². The molecule has 4 rings (SSSR count). The summed E-state index contributed by atoms with van der Waals surface area (Å²) in [6, 6.07) is 0. The number of aliphatic hydroxyl groups is 4. The van der Waals surface area contributed by atoms with Crippen molar-refractivity contribution >= 4 is 11.6 Å². The Bertz CT molecular complexity index is 796. The first-order valence-electron chi connectivity index (χ1n) is 9.52. The number of carbonyl (C=O) groups excluding carboxylic acids is 2. The van der Waals surface area contributed by atoms with E-state index in [-0.39, 0.29) is 24.8 Å². The molecule has 4 N–H and O–H groups in total. The molecule has 28 heavy (non-hydrogen) atoms. The first-order chi connectivity index (χ1) is 13.0. The number of ketones is 2. The lowest BCUT2D eigenvalue weighted by atomic mass is 9.47. The van der Waals surface area contributed by atoms with Crippen LogP contribution in [0.2, 0.25) is 0 Å². The van der Waals surface area contributed by atoms with Crippen LogP contribution in [-0.2, 0) is 9.59 Å². The predicted molar refractivity (Wildman–Crippen MR) is 92.4 cm³/mol. The van der Waals surface area contributed by atoms with Crippen LogP contribution < -0.4 is 0 Å². The molecule has 0 amide bonds. The van der Waals surface area contributed by atoms with E-state index < -0.39 is 71.0 Å². The quantitative estimate of drug-likeness (QED) is 0.528. The molecule has 4 aliphatic rings. The zero-order chi connectivity index (χ0) is 20.6. The van der Waals surface area contributed by atoms with E-state index in [1.54, 1.807) is 0 Å². The number of rotatable bonds is 2. The maximum absolute atomic E-state index is 16.6. The standard InChI is InChI=1S/C20H24F2O6/c1-18-3-2-9(24)4-13(18)14(21)6-12-10-5-15(25)19(28,17(27)8-23)11(10)7-16(26)20(12,18)22/h2-4,10-12,14-16,23,25-26,28H,5-8H2,1H3/t10-,11?,12+,14+,15-,16+,18+,19+,20+/m1/s1. The summed E-state index contributed by atoms with van der Waals surface area (Å²) < 4.78 is 31.7. The Morgan fingerprint density at radius 3 is 2.54 bits per heavy atom. The molecule has 3 saturated carbocycles. The maximum atomic E-state index is 16.6. The fourth-order valence-electron chi connectivity index (χ4n) is 6.35. The van der Waals surface area contributed by atoms with E-state index in [1.165, 1.54) is 13.0 Å². The van der Waals surface area contributed by atoms with Crippen LogP contribution in [0, 0.1) is 23.2 Å². The molecule has 0 aromatic carbocycles. The molecule has 4 aliphatic carbocycles. The number of carbonyl (C=O) groups is 2. The van der Waals surface area contributed by atoms with Gasteiger partial charge in [-0.3, -0.25) is 9.59 Å². The van der Waals surface area contributed by atoms with Gasteiger partial charge in [-0.15, -0.1) is 0 Å². The lowest BCUT2D eigenvalue weighted by Gasteiger charge is -2.60. The molecule has 0 aromatic heterocycles. The SMILES string of the molecule is C[C@]12C=CC(=O)C=C1[C@@H](F)C[C@H]1[C@@H]3C[C@@H](O)[C@](O)(C(=O)CO)C3C[C@H](O)[C@@]12F. The highest BCUT2D eigenvalue weighted by molar-refractivity contribution is 6.01. The molecular formula is C20H24F2O6. The second-order valence-corrected chi connectivity index (χ2v) is 8.80. The Balaban J connectivity index is 1.82. The zero-order valence-corrected chi connectivity index (χ0v) is 15.4. The van der Waals surface area contributed by atoms with Crippen LogP contribution in [0.3, 0.4) is 0 Å². The van der Waals surface area contributed by atoms with E-state index in [0.717, 1.165) is 12.2 Å². The van der Waals surface area contributed by atoms with Crippen molar-refractivity contribution in [1.29, 1.82) is 0 Å². The van der Waals surface area contributed by atoms with Gasteiger partial charge >= 0.3 is 0 Å². The largest absolute Gasteiger partial charge is 0.390 e. The number of halogens is 2. The van der Waals surface area contributed by atoms with Gasteiger partial charge in [-0.05, 0) is 49.8 Å². The number of hydrogen-bond donors (Lipinski definition) is 4. The minimum absolute atomic E-state index is 0.0171. The molecule has 6 nitrogen and oxygen atoms in total. The van der Waals surface area contributed by atoms with Crippen LogP contribution in [0.25, 0.3) is 0 Å². The molecule has 8 heteroatoms. The van der Waals surface area contributed by atoms with E-state index in [4.69, 9.17) is 0 Å². The number of allylic oxidation sites excluding steroid dienone is 4. The fraction of sp³-hybridized carbons (Fsp3) is 0.700. The molecule has 0 aliphatic heterocycles. The third-order valence-electron chi connectivity index (χ3n) is 7.77. The van der Waals surface area contributed by atoms with E-state index in [2.05, 4.69) is 0 Å². The third-order valence-corrected chi connectivity index (χ3v) is 7.77. The van der Waals surface area contributed by atoms with Crippen LogP contribution in [-0.4, -0.2) is 68.2 Å². The van der Waals surface area contributed by atoms with Crippen LogP contribution >= 0.6 is 0 Å². The van der Waals surface area contributed by atoms with Crippen LogP contribution in [0.15, 0.2) is 23.8 Å². The summed E-state index contributed by atoms with van der Waals surface area (Å²) in [4.78, 5) is 23.9. The highest BCUT2D eigenvalue weighted by Crippen LogP contribution is 2.66. The summed E-state index contributed by atoms with van der Waals surface area (Å²) in [6.45, 7) is 0.444. The van der Waals surface area contributed by atoms with Crippen molar-refractivity contribution in [3.05, 3.63) is 23.8 Å². The Kier molecular flexibility index (Phi) is 4.26. The number of fused-ring (bicyclic) bond motifs is 5. The second kappa shape index (κ2) is 6.01. The van der Waals surface area contributed by atoms with Crippen molar-refractivity contribution in [3.8, 4) is 0 Å². The van der Waals surface area contributed by atoms with E-state index in [9.17, 15) is 30.0 Å². The Morgan fingerprint density at radius 1 is 1.21 bits per heavy atom. The summed E-state index contributed by atoms with van der Waals surface area (Å²) in [6.07, 6.45) is -2.07. The van der Waals surface area contributed by atoms with Gasteiger partial charge in [0.2, 0.25) is 0 Å². The van der Waals surface area contributed by atoms with Gasteiger partial charge in [-0.2, -0.15) is 0 Å². The van der Waals surface area contributed by atoms with Gasteiger partial charge in [-0.25, -0.2) is 8.78 Å². The molecule has 0 bridgehead atoms. The number of hydrogen-bond acceptors (Lipinski definition) is 6. The normalized spacial score (nSPS) is 52.5. The lowest BCUT2D eigenvalue weighted by Crippen LogP contribution is -2.68. The van der Waals surface area contributed by atoms with Crippen LogP contribution in [0.5, 0.6) is 0 Å². The summed E-state index contributed by atoms with van der Waals surface area (Å²) in [5.41, 5.74) is -6.20. The monoisotopic (exact) mass is 398 g/mol. The predicted octanol–water partition coefficient (Wildman–Crippen LogP) is 0.178. The van der Waals surface area contributed by atoms with Crippen molar-refractivity contribution in [2.45, 2.75) is 55.8 Å². The fourth-order valence-corrected chi connectivity index (χ4v) is 6.35. The van der Waals surface area contributed by atoms with Crippen LogP contribution in [0.4, 0.5) is 8.78 Å². The van der Waals surface area contributed by atoms with Gasteiger partial charge in [-0.1, -0.05) is 6.08 Å². The minimum atomic E-state index is -2.33. The summed E-state index contributed by atoms with van der Waals surface area (Å²) in [5.74, 6) is -4.27. The van der Waals surface area contributed by atoms with Crippen molar-refractivity contribution in [3.63, 3.8) is 0 Å². The lowest BCUT2D eigenvalue weighted by molar-refractivity contribution is -0.198. The van der Waals surface area contributed by atoms with E-state index in [0.29, 0.717) is 0 Å². The Hall–Kier alpha value is -1.48. The average Bonchev–Trinajstić information content (AvgIpc) is 2.91. The smallest absolute Gasteiger partial charge is 0.192 e. The first-order valence-corrected chi connectivity index (χ1v) is 9.52. The van der Waals surface area contributed by atoms with Crippen molar-refractivity contribution in [2.75, 3.05) is 6.61 Å². The van der Waals surface area contributed by atoms with Crippen molar-refractivity contribution in [1.82, 2.24) is 0 Å². The molecule has 0 radical (unpaired) electrons. The molecule has 0 saturated heterocycles. The molecular weight excluding hydrogens is 374 g/mol. The zero-order valence-electron chi connectivity index (χ0n) is 15.4. The number of Topliss-reactive ketones (excluding diaryl/α,β-unsaturated/α-hetero) is 1. The average molecular weight is 398 g/mol.